The van der Waals surface area contributed by atoms with Crippen molar-refractivity contribution in [1.82, 2.24) is 29.4 Å². The molecule has 20 radical (unpaired) electrons. The van der Waals surface area contributed by atoms with Crippen LogP contribution in [0.5, 0.6) is 0 Å². The van der Waals surface area contributed by atoms with E-state index in [-0.39, 0.29) is 42.0 Å². The van der Waals surface area contributed by atoms with Crippen LogP contribution in [0.15, 0.2) is 34.3 Å². The molecule has 4 aliphatic heterocycles. The molecule has 4 amide bonds. The second-order valence-electron chi connectivity index (χ2n) is 18.0. The summed E-state index contributed by atoms with van der Waals surface area (Å²) in [4.78, 5) is 75.7. The van der Waals surface area contributed by atoms with Crippen LogP contribution in [0.3, 0.4) is 0 Å². The summed E-state index contributed by atoms with van der Waals surface area (Å²) in [6.45, 7) is 12.0. The molecular weight excluding hydrogens is 937 g/mol. The van der Waals surface area contributed by atoms with Crippen LogP contribution in [0.1, 0.15) is 67.1 Å². The molecule has 0 N–H and O–H groups in total. The molecule has 2 saturated heterocycles. The second kappa shape index (κ2) is 28.1. The van der Waals surface area contributed by atoms with E-state index >= 15 is 0 Å². The van der Waals surface area contributed by atoms with Crippen molar-refractivity contribution >= 4 is 46.2 Å². The maximum absolute atomic E-state index is 13.8. The Morgan fingerprint density at radius 2 is 0.634 bits per heavy atom. The van der Waals surface area contributed by atoms with Gasteiger partial charge in [-0.1, -0.05) is 0 Å². The van der Waals surface area contributed by atoms with E-state index in [0.717, 1.165) is 91.4 Å². The molecule has 4 heterocycles. The molecule has 15 heteroatoms. The number of hydrogen-bond donors (Lipinski definition) is 0. The Hall–Kier alpha value is -3.72. The molecule has 4 saturated carbocycles. The molecule has 10 rings (SSSR count). The van der Waals surface area contributed by atoms with Gasteiger partial charge in [0.05, 0.1) is 0 Å². The number of carbonyl (C=O) groups is 4. The number of amides is 4. The zero-order valence-corrected chi connectivity index (χ0v) is 41.3. The third kappa shape index (κ3) is 14.7. The molecule has 6 fully saturated rings. The maximum Gasteiger partial charge on any atom is 2.00 e. The molecule has 370 valence electrons. The minimum Gasteiger partial charge on any atom is -0.862 e. The first-order chi connectivity index (χ1) is 34.3. The first kappa shape index (κ1) is 55.0. The smallest absolute Gasteiger partial charge is 0.862 e. The molecule has 0 spiro atoms. The van der Waals surface area contributed by atoms with Gasteiger partial charge in [0, 0.05) is 123 Å². The van der Waals surface area contributed by atoms with Gasteiger partial charge in [0.1, 0.15) is 0 Å². The fourth-order valence-electron chi connectivity index (χ4n) is 9.57. The first-order valence-electron chi connectivity index (χ1n) is 24.7. The van der Waals surface area contributed by atoms with Gasteiger partial charge in [-0.25, -0.2) is 0 Å². The number of hydrogen-bond acceptors (Lipinski definition) is 12. The quantitative estimate of drug-likeness (QED) is 0.0715. The Bertz CT molecular complexity index is 1900. The van der Waals surface area contributed by atoms with Crippen LogP contribution in [0.4, 0.5) is 0 Å². The third-order valence-electron chi connectivity index (χ3n) is 13.4. The van der Waals surface area contributed by atoms with Crippen LogP contribution >= 0.6 is 0 Å². The van der Waals surface area contributed by atoms with Crippen molar-refractivity contribution in [3.05, 3.63) is 174 Å². The number of piperazine rings is 2. The number of aliphatic imine (C=N–C) groups is 2. The molecule has 0 unspecified atom stereocenters. The fourth-order valence-corrected chi connectivity index (χ4v) is 9.57. The van der Waals surface area contributed by atoms with Crippen molar-refractivity contribution in [3.8, 4) is 0 Å². The first-order valence-corrected chi connectivity index (χ1v) is 24.7. The summed E-state index contributed by atoms with van der Waals surface area (Å²) in [6.07, 6.45) is 37.4. The van der Waals surface area contributed by atoms with Crippen molar-refractivity contribution in [2.24, 2.45) is 9.98 Å². The number of benzene rings is 2. The van der Waals surface area contributed by atoms with Crippen LogP contribution < -0.4 is 10.2 Å². The minimum atomic E-state index is -0.399. The second-order valence-corrected chi connectivity index (χ2v) is 18.0. The van der Waals surface area contributed by atoms with Crippen LogP contribution in [-0.4, -0.2) is 170 Å². The van der Waals surface area contributed by atoms with Crippen LogP contribution in [0.2, 0.25) is 0 Å². The molecule has 71 heavy (non-hydrogen) atoms. The van der Waals surface area contributed by atoms with Gasteiger partial charge in [-0.05, 0) is 203 Å². The summed E-state index contributed by atoms with van der Waals surface area (Å²) in [5.41, 5.74) is 1.37. The molecule has 2 aromatic rings. The molecule has 0 atom stereocenters. The number of rotatable bonds is 18. The minimum absolute atomic E-state index is 0. The Balaban J connectivity index is 0.000000601. The fraction of sp³-hybridized carbons (Fsp3) is 0.357. The van der Waals surface area contributed by atoms with E-state index in [4.69, 9.17) is 0 Å². The topological polar surface area (TPSA) is 159 Å². The normalized spacial score (nSPS) is 22.0. The van der Waals surface area contributed by atoms with Gasteiger partial charge >= 0.3 is 17.1 Å². The van der Waals surface area contributed by atoms with Crippen LogP contribution in [-0.2, 0) is 17.1 Å². The zero-order chi connectivity index (χ0) is 48.7. The molecular formula is C56H62FeN8O6. The Morgan fingerprint density at radius 1 is 0.380 bits per heavy atom. The van der Waals surface area contributed by atoms with Gasteiger partial charge in [-0.15, -0.1) is 0 Å². The molecule has 2 aromatic carbocycles. The summed E-state index contributed by atoms with van der Waals surface area (Å²) >= 11 is 0. The number of carbonyl (C=O) groups excluding carboxylic acids is 4. The van der Waals surface area contributed by atoms with Crippen molar-refractivity contribution in [2.75, 3.05) is 105 Å². The van der Waals surface area contributed by atoms with Gasteiger partial charge < -0.3 is 39.8 Å². The zero-order valence-electron chi connectivity index (χ0n) is 40.2. The van der Waals surface area contributed by atoms with Crippen molar-refractivity contribution < 1.29 is 46.5 Å². The monoisotopic (exact) mass is 998 g/mol. The maximum atomic E-state index is 13.8. The van der Waals surface area contributed by atoms with E-state index in [1.807, 2.05) is 89.9 Å². The summed E-state index contributed by atoms with van der Waals surface area (Å²) in [5, 5.41) is 25.0. The van der Waals surface area contributed by atoms with Gasteiger partial charge in [0.15, 0.2) is 0 Å². The SMILES string of the molecule is O=C1c2ccc3c4c(ccc(c24)C(=O)N1CCCN1CCN(CCCN=C([O-])[C]2[CH][CH][CH][CH]2)CC1)C(=O)N(CCCN1CCN(CCCN=C([O-])[C]2[CH][CH][CH][CH]2)CC1)C3=O.[CH]1[CH][CH][CH][CH]1.[CH]1[CH][CH][CH][CH]1.[Fe+2]. The number of nitrogens with zero attached hydrogens (tertiary/aromatic N) is 8. The predicted octanol–water partition coefficient (Wildman–Crippen LogP) is 3.20. The van der Waals surface area contributed by atoms with Gasteiger partial charge in [-0.3, -0.25) is 29.0 Å². The van der Waals surface area contributed by atoms with Gasteiger partial charge in [0.2, 0.25) is 0 Å². The third-order valence-corrected chi connectivity index (χ3v) is 13.4. The average molecular weight is 999 g/mol. The molecule has 0 bridgehead atoms. The van der Waals surface area contributed by atoms with Crippen molar-refractivity contribution in [3.63, 3.8) is 0 Å². The summed E-state index contributed by atoms with van der Waals surface area (Å²) in [7, 11) is 0. The van der Waals surface area contributed by atoms with Crippen molar-refractivity contribution in [1.29, 1.82) is 0 Å². The van der Waals surface area contributed by atoms with E-state index in [1.54, 1.807) is 49.9 Å². The standard InChI is InChI=1S/C46H54N8O6.2C5H5.Fe/c55-41(33-9-1-2-10-33)47-17-5-19-49-25-29-51(30-26-49)21-7-23-53-43(57)35-13-15-37-40-38(16-14-36(39(35)40)44(53)58)46(60)54(45(37)59)24-8-22-52-31-27-50(28-32-52)20-6-18-48-42(56)34-11-3-4-12-34;2*1-2-4-5-3-1;/h1-4,9-16H,5-8,17-32H2,(H,47,55)(H,48,56);2*1-5H;/q;;;+2/p-2. The van der Waals surface area contributed by atoms with Crippen LogP contribution in [0, 0.1) is 127 Å². The largest absolute Gasteiger partial charge is 2.00 e. The van der Waals surface area contributed by atoms with Crippen LogP contribution in [0.25, 0.3) is 10.8 Å². The number of imide groups is 2. The Kier molecular flexibility index (Phi) is 21.8. The van der Waals surface area contributed by atoms with E-state index in [2.05, 4.69) is 29.6 Å². The Morgan fingerprint density at radius 3 is 0.901 bits per heavy atom. The van der Waals surface area contributed by atoms with Crippen molar-refractivity contribution in [2.45, 2.75) is 25.7 Å². The van der Waals surface area contributed by atoms with E-state index in [0.29, 0.717) is 70.8 Å². The van der Waals surface area contributed by atoms with Gasteiger partial charge in [-0.2, -0.15) is 0 Å². The summed E-state index contributed by atoms with van der Waals surface area (Å²) < 4.78 is 0. The molecule has 0 aromatic heterocycles. The molecule has 4 aliphatic carbocycles. The van der Waals surface area contributed by atoms with Gasteiger partial charge in [0.25, 0.3) is 23.6 Å². The molecule has 14 nitrogen and oxygen atoms in total. The average Bonchev–Trinajstić information content (AvgIpc) is 4.26. The van der Waals surface area contributed by atoms with E-state index < -0.39 is 23.6 Å². The summed E-state index contributed by atoms with van der Waals surface area (Å²) in [6, 6.07) is 6.55. The molecule has 8 aliphatic rings. The van der Waals surface area contributed by atoms with E-state index in [9.17, 15) is 29.4 Å². The predicted molar refractivity (Wildman–Crippen MR) is 267 cm³/mol. The van der Waals surface area contributed by atoms with E-state index in [1.165, 1.54) is 9.80 Å². The Labute approximate surface area is 434 Å². The summed E-state index contributed by atoms with van der Waals surface area (Å²) in [5.74, 6) is -0.661.